The van der Waals surface area contributed by atoms with Gasteiger partial charge in [0.25, 0.3) is 0 Å². The Labute approximate surface area is 104 Å². The molecule has 0 atom stereocenters. The highest BCUT2D eigenvalue weighted by Gasteiger charge is 2.06. The Bertz CT molecular complexity index is 348. The molecule has 1 fully saturated rings. The Kier molecular flexibility index (Phi) is 4.77. The van der Waals surface area contributed by atoms with Gasteiger partial charge < -0.3 is 10.2 Å². The molecule has 1 saturated heterocycles. The van der Waals surface area contributed by atoms with E-state index in [4.69, 9.17) is 0 Å². The molecule has 1 aromatic carbocycles. The van der Waals surface area contributed by atoms with E-state index in [0.29, 0.717) is 0 Å². The normalized spacial score (nSPS) is 17.7. The minimum absolute atomic E-state index is 1.14. The van der Waals surface area contributed by atoms with Crippen LogP contribution in [0.25, 0.3) is 6.08 Å². The smallest absolute Gasteiger partial charge is 0.0107 e. The Hall–Kier alpha value is -1.12. The van der Waals surface area contributed by atoms with Gasteiger partial charge in [-0.2, -0.15) is 0 Å². The van der Waals surface area contributed by atoms with Gasteiger partial charge in [0.2, 0.25) is 0 Å². The lowest BCUT2D eigenvalue weighted by Gasteiger charge is -2.26. The minimum Gasteiger partial charge on any atom is -0.314 e. The summed E-state index contributed by atoms with van der Waals surface area (Å²) in [5.74, 6) is 0. The van der Waals surface area contributed by atoms with Gasteiger partial charge in [0.05, 0.1) is 0 Å². The van der Waals surface area contributed by atoms with Crippen molar-refractivity contribution in [3.63, 3.8) is 0 Å². The second kappa shape index (κ2) is 6.58. The number of hydrogen-bond acceptors (Lipinski definition) is 2. The predicted molar refractivity (Wildman–Crippen MR) is 74.1 cm³/mol. The maximum absolute atomic E-state index is 3.38. The second-order valence-corrected chi connectivity index (χ2v) is 4.69. The van der Waals surface area contributed by atoms with Gasteiger partial charge in [-0.1, -0.05) is 42.0 Å². The van der Waals surface area contributed by atoms with Crippen LogP contribution >= 0.6 is 0 Å². The summed E-state index contributed by atoms with van der Waals surface area (Å²) in [5.41, 5.74) is 2.62. The van der Waals surface area contributed by atoms with Gasteiger partial charge in [0.15, 0.2) is 0 Å². The summed E-state index contributed by atoms with van der Waals surface area (Å²) in [4.78, 5) is 2.52. The van der Waals surface area contributed by atoms with Crippen molar-refractivity contribution >= 4 is 6.08 Å². The molecule has 0 aliphatic carbocycles. The van der Waals surface area contributed by atoms with Crippen LogP contribution in [0.1, 0.15) is 17.5 Å². The van der Waals surface area contributed by atoms with E-state index in [9.17, 15) is 0 Å². The van der Waals surface area contributed by atoms with Gasteiger partial charge in [-0.15, -0.1) is 0 Å². The first-order valence-electron chi connectivity index (χ1n) is 6.51. The minimum atomic E-state index is 1.14. The third kappa shape index (κ3) is 4.33. The highest BCUT2D eigenvalue weighted by atomic mass is 15.2. The lowest BCUT2D eigenvalue weighted by molar-refractivity contribution is 0.245. The van der Waals surface area contributed by atoms with Crippen LogP contribution in [-0.4, -0.2) is 37.6 Å². The molecule has 0 radical (unpaired) electrons. The van der Waals surface area contributed by atoms with E-state index in [2.05, 4.69) is 53.6 Å². The van der Waals surface area contributed by atoms with Crippen molar-refractivity contribution in [2.75, 3.05) is 32.7 Å². The summed E-state index contributed by atoms with van der Waals surface area (Å²) in [6.45, 7) is 7.97. The zero-order valence-corrected chi connectivity index (χ0v) is 10.7. The molecule has 1 aliphatic rings. The van der Waals surface area contributed by atoms with Gasteiger partial charge in [0.1, 0.15) is 0 Å². The fourth-order valence-electron chi connectivity index (χ4n) is 2.09. The van der Waals surface area contributed by atoms with Crippen LogP contribution in [0, 0.1) is 6.92 Å². The maximum Gasteiger partial charge on any atom is 0.0107 e. The average Bonchev–Trinajstić information content (AvgIpc) is 2.38. The van der Waals surface area contributed by atoms with Crippen LogP contribution in [0.4, 0.5) is 0 Å². The van der Waals surface area contributed by atoms with E-state index in [1.807, 2.05) is 0 Å². The van der Waals surface area contributed by atoms with E-state index in [1.54, 1.807) is 0 Å². The first-order chi connectivity index (χ1) is 8.34. The number of nitrogens with one attached hydrogen (secondary N) is 1. The number of rotatable bonds is 4. The maximum atomic E-state index is 3.38. The van der Waals surface area contributed by atoms with E-state index >= 15 is 0 Å². The first-order valence-corrected chi connectivity index (χ1v) is 6.51. The van der Waals surface area contributed by atoms with Gasteiger partial charge >= 0.3 is 0 Å². The second-order valence-electron chi connectivity index (χ2n) is 4.69. The van der Waals surface area contributed by atoms with Crippen LogP contribution < -0.4 is 5.32 Å². The summed E-state index contributed by atoms with van der Waals surface area (Å²) in [6.07, 6.45) is 5.65. The van der Waals surface area contributed by atoms with Gasteiger partial charge in [0, 0.05) is 32.7 Å². The molecule has 0 amide bonds. The van der Waals surface area contributed by atoms with Crippen molar-refractivity contribution in [1.82, 2.24) is 10.2 Å². The molecule has 2 heteroatoms. The third-order valence-corrected chi connectivity index (χ3v) is 3.21. The molecule has 0 unspecified atom stereocenters. The van der Waals surface area contributed by atoms with Crippen LogP contribution in [0.5, 0.6) is 0 Å². The van der Waals surface area contributed by atoms with Crippen molar-refractivity contribution in [2.45, 2.75) is 13.3 Å². The number of benzene rings is 1. The van der Waals surface area contributed by atoms with E-state index in [-0.39, 0.29) is 0 Å². The number of hydrogen-bond donors (Lipinski definition) is 1. The predicted octanol–water partition coefficient (Wildman–Crippen LogP) is 2.30. The molecule has 2 rings (SSSR count). The molecule has 1 N–H and O–H groups in total. The number of aryl methyl sites for hydroxylation is 1. The van der Waals surface area contributed by atoms with Gasteiger partial charge in [-0.3, -0.25) is 0 Å². The Morgan fingerprint density at radius 2 is 1.88 bits per heavy atom. The van der Waals surface area contributed by atoms with Crippen molar-refractivity contribution in [3.05, 3.63) is 41.5 Å². The molecular formula is C15H22N2. The molecule has 0 saturated carbocycles. The van der Waals surface area contributed by atoms with Crippen molar-refractivity contribution < 1.29 is 0 Å². The molecule has 0 spiro atoms. The topological polar surface area (TPSA) is 15.3 Å². The Morgan fingerprint density at radius 3 is 2.59 bits per heavy atom. The SMILES string of the molecule is Cc1ccc(/C=C/CCN2CCNCC2)cc1. The molecule has 1 aromatic rings. The molecule has 2 nitrogen and oxygen atoms in total. The van der Waals surface area contributed by atoms with Crippen LogP contribution in [0.2, 0.25) is 0 Å². The molecule has 92 valence electrons. The zero-order chi connectivity index (χ0) is 11.9. The van der Waals surface area contributed by atoms with Gasteiger partial charge in [-0.25, -0.2) is 0 Å². The average molecular weight is 230 g/mol. The zero-order valence-electron chi connectivity index (χ0n) is 10.7. The van der Waals surface area contributed by atoms with Gasteiger partial charge in [-0.05, 0) is 18.9 Å². The molecule has 17 heavy (non-hydrogen) atoms. The molecule has 1 heterocycles. The fraction of sp³-hybridized carbons (Fsp3) is 0.467. The van der Waals surface area contributed by atoms with Crippen molar-refractivity contribution in [2.24, 2.45) is 0 Å². The highest BCUT2D eigenvalue weighted by Crippen LogP contribution is 2.06. The lowest BCUT2D eigenvalue weighted by Crippen LogP contribution is -2.43. The van der Waals surface area contributed by atoms with Crippen molar-refractivity contribution in [1.29, 1.82) is 0 Å². The molecule has 1 aliphatic heterocycles. The quantitative estimate of drug-likeness (QED) is 0.854. The fourth-order valence-corrected chi connectivity index (χ4v) is 2.09. The summed E-state index contributed by atoms with van der Waals surface area (Å²) >= 11 is 0. The molecule has 0 aromatic heterocycles. The standard InChI is InChI=1S/C15H22N2/c1-14-5-7-15(8-6-14)4-2-3-11-17-12-9-16-10-13-17/h2,4-8,16H,3,9-13H2,1H3/b4-2+. The summed E-state index contributed by atoms with van der Waals surface area (Å²) in [7, 11) is 0. The molecular weight excluding hydrogens is 208 g/mol. The highest BCUT2D eigenvalue weighted by molar-refractivity contribution is 5.49. The van der Waals surface area contributed by atoms with Crippen LogP contribution in [-0.2, 0) is 0 Å². The Balaban J connectivity index is 1.72. The summed E-state index contributed by atoms with van der Waals surface area (Å²) in [6, 6.07) is 8.68. The molecule has 0 bridgehead atoms. The van der Waals surface area contributed by atoms with E-state index < -0.39 is 0 Å². The first kappa shape index (κ1) is 12.3. The Morgan fingerprint density at radius 1 is 1.18 bits per heavy atom. The van der Waals surface area contributed by atoms with Crippen LogP contribution in [0.3, 0.4) is 0 Å². The van der Waals surface area contributed by atoms with E-state index in [0.717, 1.165) is 19.5 Å². The summed E-state index contributed by atoms with van der Waals surface area (Å²) in [5, 5.41) is 3.38. The lowest BCUT2D eigenvalue weighted by atomic mass is 10.1. The largest absolute Gasteiger partial charge is 0.314 e. The number of nitrogens with zero attached hydrogens (tertiary/aromatic N) is 1. The van der Waals surface area contributed by atoms with Crippen LogP contribution in [0.15, 0.2) is 30.3 Å². The monoisotopic (exact) mass is 230 g/mol. The summed E-state index contributed by atoms with van der Waals surface area (Å²) < 4.78 is 0. The number of piperazine rings is 1. The third-order valence-electron chi connectivity index (χ3n) is 3.21. The van der Waals surface area contributed by atoms with Crippen molar-refractivity contribution in [3.8, 4) is 0 Å². The van der Waals surface area contributed by atoms with E-state index in [1.165, 1.54) is 30.8 Å².